The molecule has 0 aromatic carbocycles. The number of rotatable bonds is 0. The lowest BCUT2D eigenvalue weighted by Crippen LogP contribution is -2.17. The van der Waals surface area contributed by atoms with E-state index >= 15 is 0 Å². The third-order valence-electron chi connectivity index (χ3n) is 1.70. The number of aromatic nitrogens is 2. The molecule has 0 spiro atoms. The zero-order valence-electron chi connectivity index (χ0n) is 6.27. The molecule has 0 aliphatic carbocycles. The molecule has 0 radical (unpaired) electrons. The number of hydrogen-bond donors (Lipinski definition) is 1. The maximum Gasteiger partial charge on any atom is 0.322 e. The molecule has 0 aliphatic rings. The average molecular weight is 161 g/mol. The Hall–Kier alpha value is -1.84. The first-order chi connectivity index (χ1) is 5.77. The summed E-state index contributed by atoms with van der Waals surface area (Å²) < 4.78 is 1.34. The molecule has 60 valence electrons. The predicted molar refractivity (Wildman–Crippen MR) is 44.7 cm³/mol. The Kier molecular flexibility index (Phi) is 1.33. The molecule has 1 amide bonds. The van der Waals surface area contributed by atoms with Crippen LogP contribution < -0.4 is 5.73 Å². The number of nitrogens with zero attached hydrogens (tertiary/aromatic N) is 2. The molecule has 2 aromatic heterocycles. The Morgan fingerprint density at radius 2 is 2.17 bits per heavy atom. The van der Waals surface area contributed by atoms with Gasteiger partial charge in [0.2, 0.25) is 0 Å². The molecule has 0 unspecified atom stereocenters. The second kappa shape index (κ2) is 2.34. The van der Waals surface area contributed by atoms with Gasteiger partial charge in [-0.25, -0.2) is 4.79 Å². The normalized spacial score (nSPS) is 10.3. The molecule has 2 heterocycles. The molecule has 2 N–H and O–H groups in total. The highest BCUT2D eigenvalue weighted by Gasteiger charge is 2.00. The van der Waals surface area contributed by atoms with Gasteiger partial charge < -0.3 is 5.73 Å². The van der Waals surface area contributed by atoms with Crippen LogP contribution in [0.2, 0.25) is 0 Å². The lowest BCUT2D eigenvalue weighted by atomic mass is 10.3. The monoisotopic (exact) mass is 161 g/mol. The van der Waals surface area contributed by atoms with Crippen LogP contribution in [0.15, 0.2) is 30.9 Å². The molecule has 4 heteroatoms. The van der Waals surface area contributed by atoms with E-state index in [-0.39, 0.29) is 0 Å². The highest BCUT2D eigenvalue weighted by molar-refractivity contribution is 5.87. The highest BCUT2D eigenvalue weighted by atomic mass is 16.2. The fraction of sp³-hybridized carbons (Fsp3) is 0. The molecule has 2 aromatic rings. The van der Waals surface area contributed by atoms with Crippen molar-refractivity contribution in [1.82, 2.24) is 9.55 Å². The summed E-state index contributed by atoms with van der Waals surface area (Å²) in [6.45, 7) is 0. The van der Waals surface area contributed by atoms with Crippen molar-refractivity contribution in [2.24, 2.45) is 5.73 Å². The standard InChI is InChI=1S/C8H7N3O/c9-8(12)11-4-6-1-2-10-3-7(6)5-11/h1-5H,(H2,9,12). The Balaban J connectivity index is 2.70. The molecule has 0 atom stereocenters. The summed E-state index contributed by atoms with van der Waals surface area (Å²) >= 11 is 0. The van der Waals surface area contributed by atoms with Crippen LogP contribution in [-0.4, -0.2) is 15.6 Å². The zero-order chi connectivity index (χ0) is 8.55. The van der Waals surface area contributed by atoms with Crippen LogP contribution in [0.3, 0.4) is 0 Å². The summed E-state index contributed by atoms with van der Waals surface area (Å²) in [5, 5.41) is 1.88. The molecule has 0 aliphatic heterocycles. The molecule has 12 heavy (non-hydrogen) atoms. The first-order valence-corrected chi connectivity index (χ1v) is 3.49. The molecule has 0 bridgehead atoms. The molecule has 0 saturated heterocycles. The number of hydrogen-bond acceptors (Lipinski definition) is 2. The van der Waals surface area contributed by atoms with E-state index in [0.717, 1.165) is 10.8 Å². The minimum atomic E-state index is -0.480. The first-order valence-electron chi connectivity index (χ1n) is 3.49. The lowest BCUT2D eigenvalue weighted by Gasteiger charge is -1.89. The van der Waals surface area contributed by atoms with Crippen LogP contribution in [0.4, 0.5) is 4.79 Å². The van der Waals surface area contributed by atoms with Crippen molar-refractivity contribution in [1.29, 1.82) is 0 Å². The van der Waals surface area contributed by atoms with Gasteiger partial charge in [0.15, 0.2) is 0 Å². The molecular weight excluding hydrogens is 154 g/mol. The number of pyridine rings is 1. The summed E-state index contributed by atoms with van der Waals surface area (Å²) in [5.41, 5.74) is 5.08. The van der Waals surface area contributed by atoms with E-state index in [4.69, 9.17) is 5.73 Å². The Morgan fingerprint density at radius 3 is 2.83 bits per heavy atom. The highest BCUT2D eigenvalue weighted by Crippen LogP contribution is 2.11. The summed E-state index contributed by atoms with van der Waals surface area (Å²) in [5.74, 6) is 0. The number of amides is 1. The summed E-state index contributed by atoms with van der Waals surface area (Å²) in [4.78, 5) is 14.7. The van der Waals surface area contributed by atoms with Crippen LogP contribution in [0.25, 0.3) is 10.8 Å². The summed E-state index contributed by atoms with van der Waals surface area (Å²) in [7, 11) is 0. The third-order valence-corrected chi connectivity index (χ3v) is 1.70. The van der Waals surface area contributed by atoms with E-state index in [9.17, 15) is 4.79 Å². The van der Waals surface area contributed by atoms with Crippen LogP contribution >= 0.6 is 0 Å². The van der Waals surface area contributed by atoms with E-state index in [0.29, 0.717) is 0 Å². The van der Waals surface area contributed by atoms with Crippen molar-refractivity contribution in [3.8, 4) is 0 Å². The molecule has 0 saturated carbocycles. The van der Waals surface area contributed by atoms with E-state index < -0.39 is 6.03 Å². The van der Waals surface area contributed by atoms with Crippen LogP contribution in [0, 0.1) is 0 Å². The van der Waals surface area contributed by atoms with Crippen molar-refractivity contribution in [3.05, 3.63) is 30.9 Å². The van der Waals surface area contributed by atoms with Gasteiger partial charge in [-0.3, -0.25) is 9.55 Å². The topological polar surface area (TPSA) is 60.9 Å². The van der Waals surface area contributed by atoms with Crippen molar-refractivity contribution in [2.75, 3.05) is 0 Å². The number of carbonyl (C=O) groups is 1. The number of carbonyl (C=O) groups excluding carboxylic acids is 1. The number of nitrogens with two attached hydrogens (primary N) is 1. The van der Waals surface area contributed by atoms with E-state index in [1.165, 1.54) is 4.57 Å². The Morgan fingerprint density at radius 1 is 1.42 bits per heavy atom. The van der Waals surface area contributed by atoms with E-state index in [1.54, 1.807) is 24.8 Å². The number of primary amides is 1. The van der Waals surface area contributed by atoms with Crippen LogP contribution in [-0.2, 0) is 0 Å². The molecule has 2 rings (SSSR count). The van der Waals surface area contributed by atoms with E-state index in [2.05, 4.69) is 4.98 Å². The fourth-order valence-corrected chi connectivity index (χ4v) is 1.11. The van der Waals surface area contributed by atoms with Gasteiger partial charge in [-0.2, -0.15) is 0 Å². The van der Waals surface area contributed by atoms with Crippen LogP contribution in [0.1, 0.15) is 0 Å². The van der Waals surface area contributed by atoms with Gasteiger partial charge in [-0.15, -0.1) is 0 Å². The van der Waals surface area contributed by atoms with Crippen molar-refractivity contribution in [2.45, 2.75) is 0 Å². The maximum atomic E-state index is 10.7. The molecular formula is C8H7N3O. The van der Waals surface area contributed by atoms with Crippen molar-refractivity contribution >= 4 is 16.8 Å². The zero-order valence-corrected chi connectivity index (χ0v) is 6.27. The quantitative estimate of drug-likeness (QED) is 0.625. The minimum absolute atomic E-state index is 0.480. The maximum absolute atomic E-state index is 10.7. The van der Waals surface area contributed by atoms with Crippen molar-refractivity contribution < 1.29 is 4.79 Å². The van der Waals surface area contributed by atoms with Gasteiger partial charge in [-0.1, -0.05) is 0 Å². The Bertz CT molecular complexity index is 400. The molecule has 4 nitrogen and oxygen atoms in total. The SMILES string of the molecule is NC(=O)n1cc2ccncc2c1. The predicted octanol–water partition coefficient (Wildman–Crippen LogP) is 0.963. The Labute approximate surface area is 68.6 Å². The summed E-state index contributed by atoms with van der Waals surface area (Å²) in [6.07, 6.45) is 6.70. The van der Waals surface area contributed by atoms with Gasteiger partial charge >= 0.3 is 6.03 Å². The summed E-state index contributed by atoms with van der Waals surface area (Å²) in [6, 6.07) is 1.35. The largest absolute Gasteiger partial charge is 0.351 e. The fourth-order valence-electron chi connectivity index (χ4n) is 1.11. The third kappa shape index (κ3) is 0.934. The second-order valence-electron chi connectivity index (χ2n) is 2.51. The van der Waals surface area contributed by atoms with Crippen LogP contribution in [0.5, 0.6) is 0 Å². The smallest absolute Gasteiger partial charge is 0.322 e. The first kappa shape index (κ1) is 6.84. The van der Waals surface area contributed by atoms with Gasteiger partial charge in [0.05, 0.1) is 0 Å². The average Bonchev–Trinajstić information content (AvgIpc) is 2.46. The van der Waals surface area contributed by atoms with Crippen molar-refractivity contribution in [3.63, 3.8) is 0 Å². The lowest BCUT2D eigenvalue weighted by molar-refractivity contribution is 0.250. The minimum Gasteiger partial charge on any atom is -0.351 e. The van der Waals surface area contributed by atoms with Gasteiger partial charge in [-0.05, 0) is 6.07 Å². The number of fused-ring (bicyclic) bond motifs is 1. The molecule has 0 fully saturated rings. The van der Waals surface area contributed by atoms with Gasteiger partial charge in [0.25, 0.3) is 0 Å². The van der Waals surface area contributed by atoms with Gasteiger partial charge in [0, 0.05) is 35.6 Å². The second-order valence-corrected chi connectivity index (χ2v) is 2.51. The van der Waals surface area contributed by atoms with Gasteiger partial charge in [0.1, 0.15) is 0 Å². The van der Waals surface area contributed by atoms with E-state index in [1.807, 2.05) is 6.07 Å².